The molecule has 0 heterocycles. The van der Waals surface area contributed by atoms with Crippen molar-refractivity contribution in [1.82, 2.24) is 0 Å². The molecule has 18 heavy (non-hydrogen) atoms. The molecule has 0 amide bonds. The van der Waals surface area contributed by atoms with Crippen LogP contribution in [0.15, 0.2) is 28.0 Å². The van der Waals surface area contributed by atoms with Gasteiger partial charge in [-0.1, -0.05) is 0 Å². The van der Waals surface area contributed by atoms with Crippen molar-refractivity contribution in [3.8, 4) is 0 Å². The summed E-state index contributed by atoms with van der Waals surface area (Å²) in [6.45, 7) is 0. The molecule has 0 unspecified atom stereocenters. The number of halogens is 2. The Morgan fingerprint density at radius 2 is 1.39 bits per heavy atom. The van der Waals surface area contributed by atoms with Crippen LogP contribution in [0.3, 0.4) is 0 Å². The van der Waals surface area contributed by atoms with Gasteiger partial charge in [0.1, 0.15) is 0 Å². The average molecular weight is 333 g/mol. The Labute approximate surface area is 112 Å². The van der Waals surface area contributed by atoms with Crippen molar-refractivity contribution in [2.75, 3.05) is 7.11 Å². The lowest BCUT2D eigenvalue weighted by Crippen LogP contribution is -2.05. The quantitative estimate of drug-likeness (QED) is 0.612. The molecular formula is C8H6Cl2O6S2. The molecule has 1 aromatic carbocycles. The summed E-state index contributed by atoms with van der Waals surface area (Å²) in [7, 11) is 2.80. The summed E-state index contributed by atoms with van der Waals surface area (Å²) in [6.07, 6.45) is 0. The number of hydrogen-bond acceptors (Lipinski definition) is 6. The Balaban J connectivity index is 3.64. The van der Waals surface area contributed by atoms with E-state index in [0.29, 0.717) is 0 Å². The predicted octanol–water partition coefficient (Wildman–Crippen LogP) is 1.33. The summed E-state index contributed by atoms with van der Waals surface area (Å²) in [5.41, 5.74) is -0.293. The fourth-order valence-corrected chi connectivity index (χ4v) is 2.77. The molecule has 0 saturated heterocycles. The third kappa shape index (κ3) is 3.58. The van der Waals surface area contributed by atoms with Crippen LogP contribution in [0.2, 0.25) is 0 Å². The van der Waals surface area contributed by atoms with Gasteiger partial charge in [0.2, 0.25) is 0 Å². The number of hydrogen-bond donors (Lipinski definition) is 0. The number of ether oxygens (including phenoxy) is 1. The predicted molar refractivity (Wildman–Crippen MR) is 63.9 cm³/mol. The van der Waals surface area contributed by atoms with Crippen LogP contribution in [0.25, 0.3) is 0 Å². The van der Waals surface area contributed by atoms with Crippen LogP contribution >= 0.6 is 21.4 Å². The Bertz CT molecular complexity index is 642. The molecule has 0 atom stereocenters. The van der Waals surface area contributed by atoms with Gasteiger partial charge in [0, 0.05) is 21.4 Å². The minimum Gasteiger partial charge on any atom is -0.465 e. The van der Waals surface area contributed by atoms with E-state index in [9.17, 15) is 21.6 Å². The highest BCUT2D eigenvalue weighted by Gasteiger charge is 2.20. The van der Waals surface area contributed by atoms with Crippen LogP contribution < -0.4 is 0 Å². The van der Waals surface area contributed by atoms with E-state index in [2.05, 4.69) is 4.74 Å². The molecule has 0 spiro atoms. The first-order valence-corrected chi connectivity index (χ1v) is 8.80. The van der Waals surface area contributed by atoms with E-state index in [1.54, 1.807) is 0 Å². The highest BCUT2D eigenvalue weighted by molar-refractivity contribution is 8.14. The summed E-state index contributed by atoms with van der Waals surface area (Å²) in [6, 6.07) is 2.52. The number of esters is 1. The van der Waals surface area contributed by atoms with Crippen LogP contribution in [0.5, 0.6) is 0 Å². The molecule has 0 aliphatic rings. The monoisotopic (exact) mass is 332 g/mol. The smallest absolute Gasteiger partial charge is 0.337 e. The summed E-state index contributed by atoms with van der Waals surface area (Å²) in [5.74, 6) is -0.918. The molecule has 0 saturated carbocycles. The summed E-state index contributed by atoms with van der Waals surface area (Å²) in [5, 5.41) is 0. The van der Waals surface area contributed by atoms with E-state index in [1.807, 2.05) is 0 Å². The molecule has 1 rings (SSSR count). The third-order valence-electron chi connectivity index (χ3n) is 1.86. The van der Waals surface area contributed by atoms with E-state index < -0.39 is 33.9 Å². The molecule has 1 aromatic rings. The van der Waals surface area contributed by atoms with E-state index >= 15 is 0 Å². The minimum atomic E-state index is -4.21. The van der Waals surface area contributed by atoms with Crippen molar-refractivity contribution in [3.63, 3.8) is 0 Å². The van der Waals surface area contributed by atoms with Gasteiger partial charge in [-0.25, -0.2) is 21.6 Å². The lowest BCUT2D eigenvalue weighted by Gasteiger charge is -2.04. The number of methoxy groups -OCH3 is 1. The van der Waals surface area contributed by atoms with Crippen LogP contribution in [-0.4, -0.2) is 29.9 Å². The van der Waals surface area contributed by atoms with Gasteiger partial charge in [0.15, 0.2) is 0 Å². The van der Waals surface area contributed by atoms with Crippen molar-refractivity contribution in [2.45, 2.75) is 9.79 Å². The lowest BCUT2D eigenvalue weighted by molar-refractivity contribution is 0.0600. The fraction of sp³-hybridized carbons (Fsp3) is 0.125. The van der Waals surface area contributed by atoms with Crippen molar-refractivity contribution in [1.29, 1.82) is 0 Å². The van der Waals surface area contributed by atoms with Crippen LogP contribution in [-0.2, 0) is 22.8 Å². The maximum absolute atomic E-state index is 11.3. The fourth-order valence-electron chi connectivity index (χ4n) is 1.09. The largest absolute Gasteiger partial charge is 0.465 e. The van der Waals surface area contributed by atoms with Gasteiger partial charge in [-0.2, -0.15) is 0 Å². The van der Waals surface area contributed by atoms with Crippen LogP contribution in [0.4, 0.5) is 0 Å². The SMILES string of the molecule is COC(=O)c1cc(S(=O)(=O)Cl)cc(S(=O)(=O)Cl)c1. The Morgan fingerprint density at radius 3 is 1.67 bits per heavy atom. The Hall–Kier alpha value is -0.830. The molecule has 0 fully saturated rings. The standard InChI is InChI=1S/C8H6Cl2O6S2/c1-16-8(11)5-2-6(17(9,12)13)4-7(3-5)18(10,14)15/h2-4H,1H3. The van der Waals surface area contributed by atoms with Crippen LogP contribution in [0, 0.1) is 0 Å². The molecule has 0 aliphatic carbocycles. The van der Waals surface area contributed by atoms with Gasteiger partial charge in [0.05, 0.1) is 22.5 Å². The van der Waals surface area contributed by atoms with E-state index in [-0.39, 0.29) is 5.56 Å². The molecule has 0 radical (unpaired) electrons. The van der Waals surface area contributed by atoms with Gasteiger partial charge in [-0.3, -0.25) is 0 Å². The van der Waals surface area contributed by atoms with Gasteiger partial charge in [-0.15, -0.1) is 0 Å². The number of benzene rings is 1. The minimum absolute atomic E-state index is 0.293. The zero-order valence-corrected chi connectivity index (χ0v) is 11.9. The first-order valence-electron chi connectivity index (χ1n) is 4.18. The molecule has 100 valence electrons. The summed E-state index contributed by atoms with van der Waals surface area (Å²) < 4.78 is 49.0. The van der Waals surface area contributed by atoms with Crippen LogP contribution in [0.1, 0.15) is 10.4 Å². The van der Waals surface area contributed by atoms with E-state index in [4.69, 9.17) is 21.4 Å². The first-order chi connectivity index (χ1) is 8.05. The highest BCUT2D eigenvalue weighted by Crippen LogP contribution is 2.24. The van der Waals surface area contributed by atoms with Gasteiger partial charge >= 0.3 is 5.97 Å². The van der Waals surface area contributed by atoms with Gasteiger partial charge in [-0.05, 0) is 18.2 Å². The van der Waals surface area contributed by atoms with Crippen molar-refractivity contribution in [2.24, 2.45) is 0 Å². The van der Waals surface area contributed by atoms with E-state index in [0.717, 1.165) is 25.3 Å². The van der Waals surface area contributed by atoms with Crippen molar-refractivity contribution in [3.05, 3.63) is 23.8 Å². The average Bonchev–Trinajstić information content (AvgIpc) is 2.25. The van der Waals surface area contributed by atoms with Crippen molar-refractivity contribution >= 4 is 45.4 Å². The second-order valence-electron chi connectivity index (χ2n) is 3.06. The zero-order valence-electron chi connectivity index (χ0n) is 8.75. The first kappa shape index (κ1) is 15.2. The summed E-state index contributed by atoms with van der Waals surface area (Å²) >= 11 is 0. The zero-order chi connectivity index (χ0) is 14.1. The normalized spacial score (nSPS) is 12.2. The number of carbonyl (C=O) groups is 1. The molecule has 0 bridgehead atoms. The Kier molecular flexibility index (Phi) is 4.26. The van der Waals surface area contributed by atoms with E-state index in [1.165, 1.54) is 0 Å². The number of carbonyl (C=O) groups excluding carboxylic acids is 1. The molecule has 6 nitrogen and oxygen atoms in total. The third-order valence-corrected chi connectivity index (χ3v) is 4.53. The molecule has 0 N–H and O–H groups in total. The van der Waals surface area contributed by atoms with Gasteiger partial charge in [0.25, 0.3) is 18.1 Å². The second kappa shape index (κ2) is 5.04. The van der Waals surface area contributed by atoms with Gasteiger partial charge < -0.3 is 4.74 Å². The second-order valence-corrected chi connectivity index (χ2v) is 8.19. The molecule has 0 aliphatic heterocycles. The Morgan fingerprint density at radius 1 is 1.00 bits per heavy atom. The lowest BCUT2D eigenvalue weighted by atomic mass is 10.2. The maximum atomic E-state index is 11.3. The number of rotatable bonds is 3. The maximum Gasteiger partial charge on any atom is 0.337 e. The molecular weight excluding hydrogens is 327 g/mol. The summed E-state index contributed by atoms with van der Waals surface area (Å²) in [4.78, 5) is 10.1. The molecule has 0 aromatic heterocycles. The highest BCUT2D eigenvalue weighted by atomic mass is 35.7. The van der Waals surface area contributed by atoms with Crippen molar-refractivity contribution < 1.29 is 26.4 Å². The molecule has 10 heteroatoms. The topological polar surface area (TPSA) is 94.6 Å².